The third-order valence-corrected chi connectivity index (χ3v) is 12.5. The van der Waals surface area contributed by atoms with Gasteiger partial charge in [0.15, 0.2) is 17.0 Å². The van der Waals surface area contributed by atoms with Crippen molar-refractivity contribution in [2.75, 3.05) is 10.9 Å². The summed E-state index contributed by atoms with van der Waals surface area (Å²) >= 11 is 0. The first-order valence-corrected chi connectivity index (χ1v) is 21.1. The van der Waals surface area contributed by atoms with Gasteiger partial charge in [0.1, 0.15) is 18.5 Å². The minimum Gasteiger partial charge on any atom is -0.442 e. The monoisotopic (exact) mass is 699 g/mol. The quantitative estimate of drug-likeness (QED) is 0.0601. The van der Waals surface area contributed by atoms with Crippen LogP contribution in [0.2, 0.25) is 25.7 Å². The predicted molar refractivity (Wildman–Crippen MR) is 186 cm³/mol. The van der Waals surface area contributed by atoms with Crippen molar-refractivity contribution in [3.05, 3.63) is 93.2 Å². The van der Waals surface area contributed by atoms with Crippen molar-refractivity contribution < 1.29 is 22.5 Å². The van der Waals surface area contributed by atoms with Crippen molar-refractivity contribution in [3.8, 4) is 17.5 Å². The maximum absolute atomic E-state index is 14.8. The number of hydrogen-bond donors (Lipinski definition) is 0. The molecule has 3 heterocycles. The van der Waals surface area contributed by atoms with Gasteiger partial charge in [-0.25, -0.2) is 18.1 Å². The highest BCUT2D eigenvalue weighted by Gasteiger charge is 2.40. The number of aryl methyl sites for hydroxylation is 1. The van der Waals surface area contributed by atoms with Crippen LogP contribution in [0.5, 0.6) is 0 Å². The Morgan fingerprint density at radius 2 is 1.98 bits per heavy atom. The van der Waals surface area contributed by atoms with Gasteiger partial charge in [-0.2, -0.15) is 10.4 Å². The predicted octanol–water partition coefficient (Wildman–Crippen LogP) is 7.07. The summed E-state index contributed by atoms with van der Waals surface area (Å²) in [6.45, 7) is 11.2. The maximum atomic E-state index is 14.8. The molecule has 0 radical (unpaired) electrons. The van der Waals surface area contributed by atoms with Gasteiger partial charge in [0.05, 0.1) is 45.3 Å². The average Bonchev–Trinajstić information content (AvgIpc) is 3.71. The number of anilines is 1. The van der Waals surface area contributed by atoms with Crippen molar-refractivity contribution in [1.29, 1.82) is 5.26 Å². The van der Waals surface area contributed by atoms with E-state index < -0.39 is 39.6 Å². The number of nitro groups is 1. The Labute approximate surface area is 285 Å². The second-order valence-electron chi connectivity index (χ2n) is 13.4. The van der Waals surface area contributed by atoms with Gasteiger partial charge in [0.25, 0.3) is 15.7 Å². The average molecular weight is 700 g/mol. The highest BCUT2D eigenvalue weighted by molar-refractivity contribution is 7.93. The van der Waals surface area contributed by atoms with Crippen LogP contribution < -0.4 is 4.31 Å². The molecule has 13 nitrogen and oxygen atoms in total. The van der Waals surface area contributed by atoms with Crippen LogP contribution in [-0.4, -0.2) is 47.8 Å². The van der Waals surface area contributed by atoms with Crippen molar-refractivity contribution in [3.63, 3.8) is 0 Å². The Morgan fingerprint density at radius 1 is 1.20 bits per heavy atom. The smallest absolute Gasteiger partial charge is 0.289 e. The van der Waals surface area contributed by atoms with Gasteiger partial charge in [-0.3, -0.25) is 19.4 Å². The third-order valence-electron chi connectivity index (χ3n) is 8.86. The Bertz CT molecular complexity index is 2200. The number of aromatic nitrogens is 4. The number of sulfonamides is 1. The molecule has 0 fully saturated rings. The van der Waals surface area contributed by atoms with Gasteiger partial charge in [-0.15, -0.1) is 0 Å². The molecule has 0 aliphatic heterocycles. The third kappa shape index (κ3) is 6.46. The van der Waals surface area contributed by atoms with Crippen LogP contribution in [0.4, 0.5) is 11.4 Å². The first-order chi connectivity index (χ1) is 23.3. The van der Waals surface area contributed by atoms with Gasteiger partial charge >= 0.3 is 0 Å². The summed E-state index contributed by atoms with van der Waals surface area (Å²) in [6.07, 6.45) is 4.48. The zero-order valence-electron chi connectivity index (χ0n) is 28.0. The molecule has 6 rings (SSSR count). The molecule has 49 heavy (non-hydrogen) atoms. The first kappa shape index (κ1) is 34.0. The summed E-state index contributed by atoms with van der Waals surface area (Å²) in [5.74, 6) is 0.385. The molecular formula is C34H37N7O6SSi. The van der Waals surface area contributed by atoms with Crippen molar-refractivity contribution in [2.45, 2.75) is 76.5 Å². The summed E-state index contributed by atoms with van der Waals surface area (Å²) in [5.41, 5.74) is 3.92. The summed E-state index contributed by atoms with van der Waals surface area (Å²) in [4.78, 5) is 19.9. The molecule has 0 spiro atoms. The lowest BCUT2D eigenvalue weighted by atomic mass is 9.86. The molecule has 0 saturated carbocycles. The highest BCUT2D eigenvalue weighted by atomic mass is 32.2. The summed E-state index contributed by atoms with van der Waals surface area (Å²) in [5, 5.41) is 27.3. The molecule has 5 aromatic rings. The van der Waals surface area contributed by atoms with Crippen LogP contribution >= 0.6 is 0 Å². The Hall–Kier alpha value is -4.91. The largest absolute Gasteiger partial charge is 0.442 e. The van der Waals surface area contributed by atoms with Gasteiger partial charge < -0.3 is 9.15 Å². The summed E-state index contributed by atoms with van der Waals surface area (Å²) in [6, 6.07) is 12.9. The minimum absolute atomic E-state index is 0.173. The molecule has 1 aliphatic carbocycles. The van der Waals surface area contributed by atoms with Crippen LogP contribution in [0.15, 0.2) is 64.4 Å². The molecule has 1 atom stereocenters. The second kappa shape index (κ2) is 13.2. The number of hydrogen-bond acceptors (Lipinski definition) is 10. The van der Waals surface area contributed by atoms with E-state index in [1.807, 2.05) is 6.92 Å². The lowest BCUT2D eigenvalue weighted by Crippen LogP contribution is -2.38. The van der Waals surface area contributed by atoms with E-state index in [4.69, 9.17) is 19.2 Å². The molecule has 0 bridgehead atoms. The van der Waals surface area contributed by atoms with Crippen LogP contribution in [-0.2, 0) is 27.9 Å². The van der Waals surface area contributed by atoms with Crippen molar-refractivity contribution in [2.24, 2.45) is 0 Å². The van der Waals surface area contributed by atoms with E-state index in [0.717, 1.165) is 17.2 Å². The minimum atomic E-state index is -4.57. The van der Waals surface area contributed by atoms with Crippen LogP contribution in [0.25, 0.3) is 22.4 Å². The maximum Gasteiger partial charge on any atom is 0.289 e. The lowest BCUT2D eigenvalue weighted by molar-refractivity contribution is -0.387. The fraction of sp³-hybridized carbons (Fsp3) is 0.353. The fourth-order valence-electron chi connectivity index (χ4n) is 6.38. The summed E-state index contributed by atoms with van der Waals surface area (Å²) < 4.78 is 44.3. The van der Waals surface area contributed by atoms with Crippen LogP contribution in [0, 0.1) is 35.3 Å². The topological polar surface area (TPSA) is 170 Å². The first-order valence-electron chi connectivity index (χ1n) is 16.0. The molecule has 15 heteroatoms. The van der Waals surface area contributed by atoms with Crippen LogP contribution in [0.1, 0.15) is 47.0 Å². The normalized spacial score (nSPS) is 14.8. The van der Waals surface area contributed by atoms with Crippen molar-refractivity contribution in [1.82, 2.24) is 19.7 Å². The number of nitro benzene ring substituents is 1. The van der Waals surface area contributed by atoms with Crippen molar-refractivity contribution >= 4 is 40.4 Å². The van der Waals surface area contributed by atoms with Gasteiger partial charge in [-0.1, -0.05) is 31.8 Å². The second-order valence-corrected chi connectivity index (χ2v) is 20.8. The number of fused-ring (bicyclic) bond motifs is 2. The number of nitriles is 1. The van der Waals surface area contributed by atoms with E-state index in [2.05, 4.69) is 30.7 Å². The number of para-hydroxylation sites is 1. The zero-order chi connectivity index (χ0) is 35.1. The van der Waals surface area contributed by atoms with E-state index in [1.165, 1.54) is 41.2 Å². The number of pyridine rings is 1. The molecule has 254 valence electrons. The van der Waals surface area contributed by atoms with E-state index >= 15 is 0 Å². The van der Waals surface area contributed by atoms with E-state index in [1.54, 1.807) is 29.8 Å². The Balaban J connectivity index is 1.56. The molecule has 1 aliphatic rings. The molecule has 0 N–H and O–H groups in total. The lowest BCUT2D eigenvalue weighted by Gasteiger charge is -2.36. The zero-order valence-corrected chi connectivity index (χ0v) is 29.8. The van der Waals surface area contributed by atoms with E-state index in [-0.39, 0.29) is 12.4 Å². The Morgan fingerprint density at radius 3 is 2.67 bits per heavy atom. The van der Waals surface area contributed by atoms with E-state index in [9.17, 15) is 23.8 Å². The molecule has 0 amide bonds. The number of oxazole rings is 1. The Kier molecular flexibility index (Phi) is 9.14. The standard InChI is InChI=1S/C34H37N7O6SSi/c1-22-25-9-8-11-30(33(25)37-23(2)27(22)18-35)40(48(44,45)32-12-7-6-10-29(32)41(42)43)24-13-14-28-26(17-24)34(31-19-36-20-47-31)38-39(28)21-46-15-16-49(3,4)5/h6-7,10,12-14,17,19-20,30H,8-9,11,15-16,21H2,1-5H3. The van der Waals surface area contributed by atoms with Gasteiger partial charge in [-0.05, 0) is 74.5 Å². The number of rotatable bonds is 11. The SMILES string of the molecule is Cc1nc2c(c(C)c1C#N)CCCC2N(c1ccc2c(c1)c(-c1cnco1)nn2COCC[Si](C)(C)C)S(=O)(=O)c1ccccc1[N+](=O)[O-]. The summed E-state index contributed by atoms with van der Waals surface area (Å²) in [7, 11) is -5.89. The van der Waals surface area contributed by atoms with Gasteiger partial charge in [0.2, 0.25) is 0 Å². The number of nitrogens with zero attached hydrogens (tertiary/aromatic N) is 7. The molecule has 3 aromatic heterocycles. The molecule has 2 aromatic carbocycles. The highest BCUT2D eigenvalue weighted by Crippen LogP contribution is 2.44. The number of ether oxygens (including phenoxy) is 1. The molecular weight excluding hydrogens is 663 g/mol. The molecule has 0 saturated heterocycles. The van der Waals surface area contributed by atoms with Gasteiger partial charge in [0, 0.05) is 26.1 Å². The van der Waals surface area contributed by atoms with E-state index in [0.29, 0.717) is 65.2 Å². The molecule has 1 unspecified atom stereocenters. The van der Waals surface area contributed by atoms with Crippen LogP contribution in [0.3, 0.4) is 0 Å². The number of benzene rings is 2. The fourth-order valence-corrected chi connectivity index (χ4v) is 8.93.